The number of rotatable bonds is 3. The molecule has 4 rings (SSSR count). The van der Waals surface area contributed by atoms with Crippen molar-refractivity contribution < 1.29 is 14.3 Å². The maximum Gasteiger partial charge on any atom is 0.253 e. The molecule has 2 N–H and O–H groups in total. The van der Waals surface area contributed by atoms with E-state index in [-0.39, 0.29) is 17.9 Å². The summed E-state index contributed by atoms with van der Waals surface area (Å²) in [6, 6.07) is 3.68. The summed E-state index contributed by atoms with van der Waals surface area (Å²) >= 11 is 0. The third-order valence-corrected chi connectivity index (χ3v) is 4.30. The molecule has 0 spiro atoms. The van der Waals surface area contributed by atoms with Crippen LogP contribution in [0.25, 0.3) is 11.4 Å². The lowest BCUT2D eigenvalue weighted by Gasteiger charge is -2.29. The Bertz CT molecular complexity index is 695. The molecule has 1 unspecified atom stereocenters. The zero-order chi connectivity index (χ0) is 15.6. The van der Waals surface area contributed by atoms with Crippen LogP contribution in [0, 0.1) is 0 Å². The number of fused-ring (bicyclic) bond motifs is 1. The summed E-state index contributed by atoms with van der Waals surface area (Å²) in [7, 11) is 0. The number of amides is 1. The standard InChI is InChI=1S/C16H18N4O3/c21-16-12-6-14(13-1-2-17-9-19-13)20-15(12)10(7-18-16)5-11-8-22-3-4-23-11/h1-2,6,9-11,20H,3-5,7-8H2,(H,18,21)/t10?,11-/m1/s1. The molecule has 120 valence electrons. The highest BCUT2D eigenvalue weighted by Crippen LogP contribution is 2.31. The topological polar surface area (TPSA) is 89.1 Å². The molecular formula is C16H18N4O3. The van der Waals surface area contributed by atoms with Crippen molar-refractivity contribution in [2.45, 2.75) is 18.4 Å². The number of hydrogen-bond donors (Lipinski definition) is 2. The fraction of sp³-hybridized carbons (Fsp3) is 0.438. The molecule has 1 saturated heterocycles. The minimum absolute atomic E-state index is 0.0476. The molecule has 23 heavy (non-hydrogen) atoms. The Hall–Kier alpha value is -2.25. The van der Waals surface area contributed by atoms with Crippen LogP contribution in [0.1, 0.15) is 28.4 Å². The van der Waals surface area contributed by atoms with Crippen LogP contribution < -0.4 is 5.32 Å². The number of H-pyrrole nitrogens is 1. The molecule has 2 aromatic heterocycles. The van der Waals surface area contributed by atoms with Crippen LogP contribution in [-0.4, -0.2) is 53.3 Å². The van der Waals surface area contributed by atoms with Gasteiger partial charge in [0, 0.05) is 24.4 Å². The van der Waals surface area contributed by atoms with E-state index < -0.39 is 0 Å². The van der Waals surface area contributed by atoms with Gasteiger partial charge in [0.25, 0.3) is 5.91 Å². The van der Waals surface area contributed by atoms with Gasteiger partial charge in [0.15, 0.2) is 0 Å². The van der Waals surface area contributed by atoms with Crippen molar-refractivity contribution in [3.05, 3.63) is 35.9 Å². The zero-order valence-corrected chi connectivity index (χ0v) is 12.6. The van der Waals surface area contributed by atoms with Crippen LogP contribution in [0.2, 0.25) is 0 Å². The molecule has 2 aromatic rings. The zero-order valence-electron chi connectivity index (χ0n) is 12.6. The lowest BCUT2D eigenvalue weighted by Crippen LogP contribution is -2.38. The summed E-state index contributed by atoms with van der Waals surface area (Å²) < 4.78 is 11.2. The van der Waals surface area contributed by atoms with E-state index in [1.165, 1.54) is 6.33 Å². The number of nitrogens with zero attached hydrogens (tertiary/aromatic N) is 2. The second kappa shape index (κ2) is 6.10. The van der Waals surface area contributed by atoms with Gasteiger partial charge >= 0.3 is 0 Å². The van der Waals surface area contributed by atoms with E-state index >= 15 is 0 Å². The lowest BCUT2D eigenvalue weighted by molar-refractivity contribution is -0.0928. The van der Waals surface area contributed by atoms with Crippen molar-refractivity contribution in [3.8, 4) is 11.4 Å². The highest BCUT2D eigenvalue weighted by Gasteiger charge is 2.31. The SMILES string of the molecule is O=C1NCC(C[C@@H]2COCCO2)c2[nH]c(-c3ccncn3)cc21. The minimum atomic E-state index is -0.0476. The number of nitrogens with one attached hydrogen (secondary N) is 2. The molecule has 1 fully saturated rings. The number of carbonyl (C=O) groups is 1. The van der Waals surface area contributed by atoms with Crippen LogP contribution in [0.4, 0.5) is 0 Å². The maximum absolute atomic E-state index is 12.1. The second-order valence-corrected chi connectivity index (χ2v) is 5.82. The van der Waals surface area contributed by atoms with Crippen molar-refractivity contribution in [1.29, 1.82) is 0 Å². The fourth-order valence-electron chi connectivity index (χ4n) is 3.17. The van der Waals surface area contributed by atoms with Crippen LogP contribution in [0.15, 0.2) is 24.7 Å². The summed E-state index contributed by atoms with van der Waals surface area (Å²) in [5.41, 5.74) is 3.25. The Morgan fingerprint density at radius 3 is 3.09 bits per heavy atom. The van der Waals surface area contributed by atoms with Crippen LogP contribution in [0.3, 0.4) is 0 Å². The summed E-state index contributed by atoms with van der Waals surface area (Å²) in [6.45, 7) is 2.51. The van der Waals surface area contributed by atoms with Gasteiger partial charge in [0.2, 0.25) is 0 Å². The highest BCUT2D eigenvalue weighted by molar-refractivity contribution is 5.98. The predicted molar refractivity (Wildman–Crippen MR) is 82.1 cm³/mol. The Morgan fingerprint density at radius 1 is 1.35 bits per heavy atom. The van der Waals surface area contributed by atoms with Gasteiger partial charge in [-0.1, -0.05) is 0 Å². The van der Waals surface area contributed by atoms with Crippen molar-refractivity contribution in [2.24, 2.45) is 0 Å². The van der Waals surface area contributed by atoms with Crippen molar-refractivity contribution >= 4 is 5.91 Å². The number of ether oxygens (including phenoxy) is 2. The smallest absolute Gasteiger partial charge is 0.253 e. The number of aromatic nitrogens is 3. The van der Waals surface area contributed by atoms with Gasteiger partial charge in [-0.05, 0) is 18.6 Å². The molecule has 0 radical (unpaired) electrons. The molecular weight excluding hydrogens is 296 g/mol. The molecule has 7 nitrogen and oxygen atoms in total. The molecule has 1 amide bonds. The van der Waals surface area contributed by atoms with Gasteiger partial charge in [-0.15, -0.1) is 0 Å². The average molecular weight is 314 g/mol. The molecule has 0 saturated carbocycles. The van der Waals surface area contributed by atoms with E-state index in [2.05, 4.69) is 20.3 Å². The molecule has 4 heterocycles. The average Bonchev–Trinajstić information content (AvgIpc) is 3.06. The first-order chi connectivity index (χ1) is 11.3. The molecule has 2 atom stereocenters. The predicted octanol–water partition coefficient (Wildman–Crippen LogP) is 1.10. The number of aromatic amines is 1. The first kappa shape index (κ1) is 14.3. The van der Waals surface area contributed by atoms with E-state index in [1.807, 2.05) is 12.1 Å². The second-order valence-electron chi connectivity index (χ2n) is 5.82. The van der Waals surface area contributed by atoms with E-state index in [4.69, 9.17) is 9.47 Å². The molecule has 2 aliphatic heterocycles. The van der Waals surface area contributed by atoms with Gasteiger partial charge < -0.3 is 19.8 Å². The van der Waals surface area contributed by atoms with Crippen LogP contribution >= 0.6 is 0 Å². The maximum atomic E-state index is 12.1. The van der Waals surface area contributed by atoms with E-state index in [0.717, 1.165) is 23.5 Å². The monoisotopic (exact) mass is 314 g/mol. The van der Waals surface area contributed by atoms with Gasteiger partial charge in [0.05, 0.1) is 42.9 Å². The Morgan fingerprint density at radius 2 is 2.30 bits per heavy atom. The van der Waals surface area contributed by atoms with Crippen molar-refractivity contribution in [2.75, 3.05) is 26.4 Å². The summed E-state index contributed by atoms with van der Waals surface area (Å²) in [4.78, 5) is 23.7. The molecule has 0 aromatic carbocycles. The van der Waals surface area contributed by atoms with E-state index in [1.54, 1.807) is 6.20 Å². The van der Waals surface area contributed by atoms with E-state index in [9.17, 15) is 4.79 Å². The number of carbonyl (C=O) groups excluding carboxylic acids is 1. The summed E-state index contributed by atoms with van der Waals surface area (Å²) in [5.74, 6) is 0.138. The van der Waals surface area contributed by atoms with Gasteiger partial charge in [0.1, 0.15) is 6.33 Å². The van der Waals surface area contributed by atoms with Crippen LogP contribution in [-0.2, 0) is 9.47 Å². The fourth-order valence-corrected chi connectivity index (χ4v) is 3.17. The van der Waals surface area contributed by atoms with Gasteiger partial charge in [-0.25, -0.2) is 9.97 Å². The Balaban J connectivity index is 1.62. The molecule has 0 aliphatic carbocycles. The Kier molecular flexibility index (Phi) is 3.80. The third kappa shape index (κ3) is 2.85. The lowest BCUT2D eigenvalue weighted by atomic mass is 9.92. The first-order valence-electron chi connectivity index (χ1n) is 7.78. The van der Waals surface area contributed by atoms with E-state index in [0.29, 0.717) is 31.9 Å². The normalized spacial score (nSPS) is 24.1. The quantitative estimate of drug-likeness (QED) is 0.886. The first-order valence-corrected chi connectivity index (χ1v) is 7.78. The largest absolute Gasteiger partial charge is 0.376 e. The van der Waals surface area contributed by atoms with Crippen molar-refractivity contribution in [1.82, 2.24) is 20.3 Å². The Labute approximate surface area is 133 Å². The number of hydrogen-bond acceptors (Lipinski definition) is 5. The summed E-state index contributed by atoms with van der Waals surface area (Å²) in [5, 5.41) is 2.95. The molecule has 2 aliphatic rings. The van der Waals surface area contributed by atoms with Crippen LogP contribution in [0.5, 0.6) is 0 Å². The van der Waals surface area contributed by atoms with Crippen molar-refractivity contribution in [3.63, 3.8) is 0 Å². The minimum Gasteiger partial charge on any atom is -0.376 e. The molecule has 0 bridgehead atoms. The van der Waals surface area contributed by atoms with Gasteiger partial charge in [-0.3, -0.25) is 4.79 Å². The third-order valence-electron chi connectivity index (χ3n) is 4.30. The summed E-state index contributed by atoms with van der Waals surface area (Å²) in [6.07, 6.45) is 4.08. The van der Waals surface area contributed by atoms with Gasteiger partial charge in [-0.2, -0.15) is 0 Å². The molecule has 7 heteroatoms. The highest BCUT2D eigenvalue weighted by atomic mass is 16.6.